The molecular formula is C9H16ClNO2S. The molecule has 0 bridgehead atoms. The molecule has 0 aliphatic heterocycles. The first-order valence-electron chi connectivity index (χ1n) is 4.37. The van der Waals surface area contributed by atoms with E-state index < -0.39 is 6.04 Å². The van der Waals surface area contributed by atoms with Crippen LogP contribution in [0.4, 0.5) is 0 Å². The largest absolute Gasteiger partial charge is 0.465 e. The second-order valence-electron chi connectivity index (χ2n) is 2.83. The molecule has 0 aliphatic rings. The SMILES string of the molecule is CCOC(=O)C(N)CSCC(C)=CCl. The van der Waals surface area contributed by atoms with Crippen molar-refractivity contribution in [1.82, 2.24) is 0 Å². The summed E-state index contributed by atoms with van der Waals surface area (Å²) in [6.07, 6.45) is 0. The van der Waals surface area contributed by atoms with Gasteiger partial charge in [-0.2, -0.15) is 11.8 Å². The summed E-state index contributed by atoms with van der Waals surface area (Å²) >= 11 is 7.05. The molecule has 0 fully saturated rings. The van der Waals surface area contributed by atoms with Gasteiger partial charge in [0.25, 0.3) is 0 Å². The molecule has 1 atom stereocenters. The van der Waals surface area contributed by atoms with Gasteiger partial charge in [-0.3, -0.25) is 4.79 Å². The Morgan fingerprint density at radius 2 is 2.36 bits per heavy atom. The standard InChI is InChI=1S/C9H16ClNO2S/c1-3-13-9(12)8(11)6-14-5-7(2)4-10/h4,8H,3,5-6,11H2,1-2H3. The zero-order valence-electron chi connectivity index (χ0n) is 8.46. The van der Waals surface area contributed by atoms with E-state index >= 15 is 0 Å². The molecule has 0 aliphatic carbocycles. The highest BCUT2D eigenvalue weighted by atomic mass is 35.5. The van der Waals surface area contributed by atoms with Crippen LogP contribution in [0.15, 0.2) is 11.1 Å². The Morgan fingerprint density at radius 1 is 1.71 bits per heavy atom. The first-order chi connectivity index (χ1) is 6.61. The van der Waals surface area contributed by atoms with Gasteiger partial charge < -0.3 is 10.5 Å². The van der Waals surface area contributed by atoms with Crippen LogP contribution in [-0.2, 0) is 9.53 Å². The van der Waals surface area contributed by atoms with Crippen molar-refractivity contribution in [2.24, 2.45) is 5.73 Å². The monoisotopic (exact) mass is 237 g/mol. The maximum atomic E-state index is 11.1. The lowest BCUT2D eigenvalue weighted by molar-refractivity contribution is -0.144. The molecule has 14 heavy (non-hydrogen) atoms. The van der Waals surface area contributed by atoms with Crippen LogP contribution in [0, 0.1) is 0 Å². The molecule has 2 N–H and O–H groups in total. The lowest BCUT2D eigenvalue weighted by Crippen LogP contribution is -2.34. The predicted molar refractivity (Wildman–Crippen MR) is 61.5 cm³/mol. The first-order valence-corrected chi connectivity index (χ1v) is 5.96. The van der Waals surface area contributed by atoms with Gasteiger partial charge in [0.1, 0.15) is 6.04 Å². The summed E-state index contributed by atoms with van der Waals surface area (Å²) < 4.78 is 4.77. The summed E-state index contributed by atoms with van der Waals surface area (Å²) in [7, 11) is 0. The minimum atomic E-state index is -0.539. The van der Waals surface area contributed by atoms with Gasteiger partial charge in [-0.05, 0) is 13.8 Å². The van der Waals surface area contributed by atoms with Gasteiger partial charge in [0.05, 0.1) is 6.61 Å². The van der Waals surface area contributed by atoms with Crippen molar-refractivity contribution >= 4 is 29.3 Å². The van der Waals surface area contributed by atoms with Crippen molar-refractivity contribution in [2.45, 2.75) is 19.9 Å². The van der Waals surface area contributed by atoms with E-state index in [4.69, 9.17) is 22.1 Å². The molecule has 0 aromatic rings. The number of rotatable bonds is 6. The molecule has 5 heteroatoms. The number of hydrogen-bond donors (Lipinski definition) is 1. The average Bonchev–Trinajstić information content (AvgIpc) is 2.17. The van der Waals surface area contributed by atoms with Gasteiger partial charge in [0, 0.05) is 17.0 Å². The van der Waals surface area contributed by atoms with Crippen LogP contribution in [0.1, 0.15) is 13.8 Å². The average molecular weight is 238 g/mol. The Hall–Kier alpha value is -0.190. The maximum absolute atomic E-state index is 11.1. The Kier molecular flexibility index (Phi) is 8.04. The highest BCUT2D eigenvalue weighted by Gasteiger charge is 2.13. The van der Waals surface area contributed by atoms with Crippen LogP contribution in [-0.4, -0.2) is 30.1 Å². The fourth-order valence-corrected chi connectivity index (χ4v) is 1.78. The van der Waals surface area contributed by atoms with E-state index in [1.807, 2.05) is 6.92 Å². The van der Waals surface area contributed by atoms with E-state index in [2.05, 4.69) is 0 Å². The third-order valence-electron chi connectivity index (χ3n) is 1.40. The molecule has 0 spiro atoms. The first kappa shape index (κ1) is 13.8. The second-order valence-corrected chi connectivity index (χ2v) is 4.08. The number of ether oxygens (including phenoxy) is 1. The molecular weight excluding hydrogens is 222 g/mol. The molecule has 0 saturated heterocycles. The molecule has 1 unspecified atom stereocenters. The molecule has 0 rings (SSSR count). The number of hydrogen-bond acceptors (Lipinski definition) is 4. The van der Waals surface area contributed by atoms with Gasteiger partial charge in [-0.15, -0.1) is 0 Å². The van der Waals surface area contributed by atoms with Gasteiger partial charge in [0.15, 0.2) is 0 Å². The van der Waals surface area contributed by atoms with Crippen LogP contribution in [0.5, 0.6) is 0 Å². The summed E-state index contributed by atoms with van der Waals surface area (Å²) in [6, 6.07) is -0.539. The number of thioether (sulfide) groups is 1. The fraction of sp³-hybridized carbons (Fsp3) is 0.667. The third kappa shape index (κ3) is 6.29. The normalized spacial score (nSPS) is 13.9. The van der Waals surface area contributed by atoms with Gasteiger partial charge in [-0.25, -0.2) is 0 Å². The molecule has 0 amide bonds. The van der Waals surface area contributed by atoms with Gasteiger partial charge in [0.2, 0.25) is 0 Å². The molecule has 3 nitrogen and oxygen atoms in total. The highest BCUT2D eigenvalue weighted by Crippen LogP contribution is 2.09. The molecule has 0 heterocycles. The smallest absolute Gasteiger partial charge is 0.323 e. The second kappa shape index (κ2) is 8.15. The van der Waals surface area contributed by atoms with Crippen molar-refractivity contribution in [2.75, 3.05) is 18.1 Å². The van der Waals surface area contributed by atoms with E-state index in [-0.39, 0.29) is 5.97 Å². The maximum Gasteiger partial charge on any atom is 0.323 e. The van der Waals surface area contributed by atoms with Crippen molar-refractivity contribution in [3.63, 3.8) is 0 Å². The van der Waals surface area contributed by atoms with Crippen molar-refractivity contribution < 1.29 is 9.53 Å². The summed E-state index contributed by atoms with van der Waals surface area (Å²) in [6.45, 7) is 4.06. The summed E-state index contributed by atoms with van der Waals surface area (Å²) in [5.74, 6) is 1.00. The highest BCUT2D eigenvalue weighted by molar-refractivity contribution is 7.99. The van der Waals surface area contributed by atoms with Crippen molar-refractivity contribution in [3.05, 3.63) is 11.1 Å². The van der Waals surface area contributed by atoms with E-state index in [9.17, 15) is 4.79 Å². The van der Waals surface area contributed by atoms with Crippen LogP contribution < -0.4 is 5.73 Å². The van der Waals surface area contributed by atoms with Crippen molar-refractivity contribution in [3.8, 4) is 0 Å². The van der Waals surface area contributed by atoms with Gasteiger partial charge >= 0.3 is 5.97 Å². The molecule has 82 valence electrons. The number of halogens is 1. The number of nitrogens with two attached hydrogens (primary N) is 1. The number of esters is 1. The van der Waals surface area contributed by atoms with E-state index in [0.29, 0.717) is 12.4 Å². The van der Waals surface area contributed by atoms with E-state index in [1.54, 1.807) is 18.7 Å². The predicted octanol–water partition coefficient (Wildman–Crippen LogP) is 1.75. The van der Waals surface area contributed by atoms with Crippen LogP contribution in [0.3, 0.4) is 0 Å². The topological polar surface area (TPSA) is 52.3 Å². The molecule has 0 aromatic heterocycles. The Bertz CT molecular complexity index is 209. The zero-order valence-corrected chi connectivity index (χ0v) is 10.0. The number of carbonyl (C=O) groups excluding carboxylic acids is 1. The molecule has 0 saturated carbocycles. The Morgan fingerprint density at radius 3 is 2.86 bits per heavy atom. The van der Waals surface area contributed by atoms with E-state index in [1.165, 1.54) is 5.54 Å². The quantitative estimate of drug-likeness (QED) is 0.716. The lowest BCUT2D eigenvalue weighted by Gasteiger charge is -2.09. The summed E-state index contributed by atoms with van der Waals surface area (Å²) in [4.78, 5) is 11.1. The summed E-state index contributed by atoms with van der Waals surface area (Å²) in [5, 5.41) is 0. The zero-order chi connectivity index (χ0) is 11.0. The minimum absolute atomic E-state index is 0.340. The molecule has 0 radical (unpaired) electrons. The summed E-state index contributed by atoms with van der Waals surface area (Å²) in [5.41, 5.74) is 8.18. The lowest BCUT2D eigenvalue weighted by atomic mass is 10.4. The van der Waals surface area contributed by atoms with Crippen LogP contribution in [0.25, 0.3) is 0 Å². The van der Waals surface area contributed by atoms with E-state index in [0.717, 1.165) is 11.3 Å². The Balaban J connectivity index is 3.63. The number of carbonyl (C=O) groups is 1. The third-order valence-corrected chi connectivity index (χ3v) is 3.03. The minimum Gasteiger partial charge on any atom is -0.465 e. The Labute approximate surface area is 94.0 Å². The molecule has 0 aromatic carbocycles. The van der Waals surface area contributed by atoms with Crippen LogP contribution in [0.2, 0.25) is 0 Å². The van der Waals surface area contributed by atoms with Crippen molar-refractivity contribution in [1.29, 1.82) is 0 Å². The van der Waals surface area contributed by atoms with Gasteiger partial charge in [-0.1, -0.05) is 17.2 Å². The van der Waals surface area contributed by atoms with Crippen LogP contribution >= 0.6 is 23.4 Å². The fourth-order valence-electron chi connectivity index (χ4n) is 0.696.